The lowest BCUT2D eigenvalue weighted by atomic mass is 10.3. The fourth-order valence-electron chi connectivity index (χ4n) is 2.13. The number of likely N-dealkylation sites (N-methyl/N-ethyl adjacent to an activating group) is 1. The zero-order chi connectivity index (χ0) is 13.4. The molecule has 0 aromatic heterocycles. The van der Waals surface area contributed by atoms with Gasteiger partial charge < -0.3 is 15.5 Å². The maximum Gasteiger partial charge on any atom is 0.0589 e. The van der Waals surface area contributed by atoms with E-state index in [1.54, 1.807) is 0 Å². The highest BCUT2D eigenvalue weighted by molar-refractivity contribution is 4.72. The van der Waals surface area contributed by atoms with Crippen LogP contribution >= 0.6 is 0 Å². The van der Waals surface area contributed by atoms with Crippen LogP contribution in [0.3, 0.4) is 0 Å². The summed E-state index contributed by atoms with van der Waals surface area (Å²) in [6.07, 6.45) is 0.582. The minimum atomic E-state index is 0.582. The monoisotopic (exact) mass is 257 g/mol. The molecule has 2 fully saturated rings. The fraction of sp³-hybridized carbons (Fsp3) is 1.00. The van der Waals surface area contributed by atoms with Crippen LogP contribution in [0.2, 0.25) is 0 Å². The molecule has 18 heavy (non-hydrogen) atoms. The third-order valence-corrected chi connectivity index (χ3v) is 3.77. The van der Waals surface area contributed by atoms with Crippen LogP contribution in [0, 0.1) is 0 Å². The molecule has 2 rings (SSSR count). The summed E-state index contributed by atoms with van der Waals surface area (Å²) in [5, 5.41) is 6.44. The van der Waals surface area contributed by atoms with E-state index in [0.29, 0.717) is 6.17 Å². The van der Waals surface area contributed by atoms with E-state index in [1.807, 2.05) is 0 Å². The smallest absolute Gasteiger partial charge is 0.0589 e. The van der Waals surface area contributed by atoms with Crippen molar-refractivity contribution in [2.24, 2.45) is 0 Å². The third-order valence-electron chi connectivity index (χ3n) is 3.77. The van der Waals surface area contributed by atoms with E-state index in [2.05, 4.69) is 53.4 Å². The minimum absolute atomic E-state index is 0.582. The molecule has 1 unspecified atom stereocenters. The third kappa shape index (κ3) is 6.11. The van der Waals surface area contributed by atoms with Gasteiger partial charge in [-0.1, -0.05) is 0 Å². The first-order chi connectivity index (χ1) is 8.61. The van der Waals surface area contributed by atoms with E-state index in [4.69, 9.17) is 0 Å². The van der Waals surface area contributed by atoms with Crippen LogP contribution in [0.15, 0.2) is 0 Å². The van der Waals surface area contributed by atoms with Crippen molar-refractivity contribution < 1.29 is 0 Å². The first-order valence-electron chi connectivity index (χ1n) is 7.11. The van der Waals surface area contributed by atoms with Gasteiger partial charge in [0.15, 0.2) is 0 Å². The predicted octanol–water partition coefficient (Wildman–Crippen LogP) is -0.679. The summed E-state index contributed by atoms with van der Waals surface area (Å²) in [5.74, 6) is 0. The Morgan fingerprint density at radius 2 is 1.33 bits per heavy atom. The lowest BCUT2D eigenvalue weighted by molar-refractivity contribution is 0.0499. The van der Waals surface area contributed by atoms with E-state index in [0.717, 1.165) is 26.2 Å². The summed E-state index contributed by atoms with van der Waals surface area (Å²) < 4.78 is 0. The van der Waals surface area contributed by atoms with Crippen molar-refractivity contribution in [3.63, 3.8) is 0 Å². The summed E-state index contributed by atoms with van der Waals surface area (Å²) in [6, 6.07) is 0. The van der Waals surface area contributed by atoms with E-state index < -0.39 is 0 Å². The lowest BCUT2D eigenvalue weighted by Gasteiger charge is -2.39. The number of rotatable bonds is 2. The Kier molecular flexibility index (Phi) is 7.77. The normalized spacial score (nSPS) is 24.5. The van der Waals surface area contributed by atoms with E-state index in [-0.39, 0.29) is 0 Å². The van der Waals surface area contributed by atoms with Crippen LogP contribution in [-0.4, -0.2) is 94.4 Å². The van der Waals surface area contributed by atoms with Crippen LogP contribution in [-0.2, 0) is 0 Å². The molecule has 0 amide bonds. The summed E-state index contributed by atoms with van der Waals surface area (Å²) in [5.41, 5.74) is 0. The molecule has 0 aromatic rings. The zero-order valence-electron chi connectivity index (χ0n) is 12.6. The highest BCUT2D eigenvalue weighted by Gasteiger charge is 2.19. The van der Waals surface area contributed by atoms with Gasteiger partial charge in [-0.3, -0.25) is 9.80 Å². The number of hydrogen-bond acceptors (Lipinski definition) is 5. The minimum Gasteiger partial charge on any atom is -0.314 e. The molecule has 2 N–H and O–H groups in total. The molecular formula is C13H31N5. The van der Waals surface area contributed by atoms with E-state index >= 15 is 0 Å². The van der Waals surface area contributed by atoms with E-state index in [1.165, 1.54) is 26.2 Å². The summed E-state index contributed by atoms with van der Waals surface area (Å²) in [7, 11) is 6.48. The second-order valence-corrected chi connectivity index (χ2v) is 5.43. The van der Waals surface area contributed by atoms with Crippen molar-refractivity contribution in [1.82, 2.24) is 25.3 Å². The number of hydrogen-bond donors (Lipinski definition) is 2. The van der Waals surface area contributed by atoms with Crippen LogP contribution in [0.4, 0.5) is 0 Å². The molecule has 0 aliphatic carbocycles. The quantitative estimate of drug-likeness (QED) is 0.685. The highest BCUT2D eigenvalue weighted by atomic mass is 15.4. The second kappa shape index (κ2) is 8.82. The molecule has 1 atom stereocenters. The van der Waals surface area contributed by atoms with Gasteiger partial charge in [0.2, 0.25) is 0 Å². The van der Waals surface area contributed by atoms with Gasteiger partial charge in [-0.25, -0.2) is 0 Å². The van der Waals surface area contributed by atoms with Gasteiger partial charge in [-0.15, -0.1) is 0 Å². The number of nitrogens with zero attached hydrogens (tertiary/aromatic N) is 3. The van der Waals surface area contributed by atoms with Gasteiger partial charge in [0.1, 0.15) is 0 Å². The molecule has 2 aliphatic rings. The fourth-order valence-corrected chi connectivity index (χ4v) is 2.13. The number of nitrogens with one attached hydrogen (secondary N) is 2. The molecular weight excluding hydrogens is 226 g/mol. The first kappa shape index (κ1) is 15.9. The predicted molar refractivity (Wildman–Crippen MR) is 78.0 cm³/mol. The largest absolute Gasteiger partial charge is 0.314 e. The summed E-state index contributed by atoms with van der Waals surface area (Å²) >= 11 is 0. The summed E-state index contributed by atoms with van der Waals surface area (Å²) in [4.78, 5) is 7.18. The van der Waals surface area contributed by atoms with Gasteiger partial charge in [-0.05, 0) is 28.1 Å². The van der Waals surface area contributed by atoms with Crippen molar-refractivity contribution in [2.45, 2.75) is 13.1 Å². The van der Waals surface area contributed by atoms with Crippen molar-refractivity contribution >= 4 is 0 Å². The lowest BCUT2D eigenvalue weighted by Crippen LogP contribution is -2.52. The maximum atomic E-state index is 3.22. The highest BCUT2D eigenvalue weighted by Crippen LogP contribution is 2.05. The molecule has 5 nitrogen and oxygen atoms in total. The van der Waals surface area contributed by atoms with Crippen LogP contribution in [0.5, 0.6) is 0 Å². The number of piperazine rings is 2. The van der Waals surface area contributed by atoms with Crippen LogP contribution in [0.1, 0.15) is 6.92 Å². The molecule has 2 saturated heterocycles. The molecule has 0 radical (unpaired) electrons. The maximum absolute atomic E-state index is 3.22. The van der Waals surface area contributed by atoms with Gasteiger partial charge >= 0.3 is 0 Å². The van der Waals surface area contributed by atoms with Gasteiger partial charge in [0.05, 0.1) is 6.17 Å². The molecule has 2 heterocycles. The van der Waals surface area contributed by atoms with Crippen molar-refractivity contribution in [1.29, 1.82) is 0 Å². The Labute approximate surface area is 112 Å². The van der Waals surface area contributed by atoms with Gasteiger partial charge in [0.25, 0.3) is 0 Å². The van der Waals surface area contributed by atoms with Crippen LogP contribution in [0.25, 0.3) is 0 Å². The molecule has 108 valence electrons. The molecule has 0 bridgehead atoms. The Balaban J connectivity index is 0.000000225. The van der Waals surface area contributed by atoms with Crippen molar-refractivity contribution in [2.75, 3.05) is 73.5 Å². The van der Waals surface area contributed by atoms with E-state index in [9.17, 15) is 0 Å². The first-order valence-corrected chi connectivity index (χ1v) is 7.11. The average Bonchev–Trinajstić information content (AvgIpc) is 2.41. The summed E-state index contributed by atoms with van der Waals surface area (Å²) in [6.45, 7) is 11.6. The molecule has 0 aromatic carbocycles. The Hall–Kier alpha value is -0.200. The van der Waals surface area contributed by atoms with Gasteiger partial charge in [-0.2, -0.15) is 0 Å². The molecule has 2 aliphatic heterocycles. The molecule has 5 heteroatoms. The van der Waals surface area contributed by atoms with Gasteiger partial charge in [0, 0.05) is 52.4 Å². The second-order valence-electron chi connectivity index (χ2n) is 5.43. The Bertz CT molecular complexity index is 186. The van der Waals surface area contributed by atoms with Crippen molar-refractivity contribution in [3.8, 4) is 0 Å². The topological polar surface area (TPSA) is 33.8 Å². The molecule has 0 saturated carbocycles. The van der Waals surface area contributed by atoms with Crippen molar-refractivity contribution in [3.05, 3.63) is 0 Å². The van der Waals surface area contributed by atoms with Crippen LogP contribution < -0.4 is 10.6 Å². The Morgan fingerprint density at radius 3 is 1.67 bits per heavy atom. The Morgan fingerprint density at radius 1 is 0.889 bits per heavy atom. The standard InChI is InChI=1S/C9H21N3.C4H10N2/c1-9(10(2)3)12-7-5-11(4)6-8-12;1-2-6-4-3-5-1/h9H,5-8H2,1-4H3;5-6H,1-4H2. The average molecular weight is 257 g/mol. The molecule has 0 spiro atoms. The SMILES string of the molecule is C1CNCCN1.CC(N(C)C)N1CCN(C)CC1. The zero-order valence-corrected chi connectivity index (χ0v) is 12.6.